The maximum absolute atomic E-state index is 15.0. The van der Waals surface area contributed by atoms with Crippen molar-refractivity contribution in [1.29, 1.82) is 0 Å². The molecule has 340 valence electrons. The Kier molecular flexibility index (Phi) is 19.8. The maximum atomic E-state index is 15.0. The number of carboxylic acids is 1. The predicted octanol–water partition coefficient (Wildman–Crippen LogP) is 4.35. The lowest BCUT2D eigenvalue weighted by molar-refractivity contribution is -0.143. The first-order chi connectivity index (χ1) is 29.2. The van der Waals surface area contributed by atoms with Crippen LogP contribution < -0.4 is 21.7 Å². The summed E-state index contributed by atoms with van der Waals surface area (Å²) in [5.41, 5.74) is 7.35. The molecule has 3 rings (SSSR count). The number of carboxylic acid groups (broad SMARTS) is 1. The standard InChI is InChI=1S/C44H60BrF2N7O8/c1-26(2)38(51-36(57)23-45)35(56)20-27(3)41(59)50-33(43(61)62)14-10-11-18-49-42(60)32(48)17-19-53(37(58)25-55)40(44(4,5)6)39-29(21-28-12-8-7-9-13-28)24-54(52-39)34-22-30(46)15-16-31(34)47/h7-9,12-13,15-16,22,24,26-27,32-33,38,40,55H,10-11,14,17-21,23,25,48H2,1-6H3,(H,49,60)(H,50,59)(H,51,57)(H,61,62)/t27-,32+,33+,38+,40+/m1/s1. The minimum Gasteiger partial charge on any atom is -0.480 e. The number of Topliss-reactive ketones (excluding diaryl/α,β-unsaturated/α-hetero) is 1. The van der Waals surface area contributed by atoms with Gasteiger partial charge in [0.2, 0.25) is 23.6 Å². The lowest BCUT2D eigenvalue weighted by atomic mass is 9.81. The molecule has 1 heterocycles. The summed E-state index contributed by atoms with van der Waals surface area (Å²) in [6, 6.07) is 8.47. The van der Waals surface area contributed by atoms with E-state index < -0.39 is 77.4 Å². The van der Waals surface area contributed by atoms with E-state index in [1.165, 1.54) is 16.5 Å². The molecule has 1 aromatic heterocycles. The number of rotatable bonds is 24. The van der Waals surface area contributed by atoms with Crippen molar-refractivity contribution < 1.29 is 47.8 Å². The highest BCUT2D eigenvalue weighted by molar-refractivity contribution is 9.09. The van der Waals surface area contributed by atoms with Gasteiger partial charge in [0, 0.05) is 49.7 Å². The first-order valence-electron chi connectivity index (χ1n) is 20.6. The van der Waals surface area contributed by atoms with Crippen LogP contribution in [0.15, 0.2) is 54.7 Å². The highest BCUT2D eigenvalue weighted by Gasteiger charge is 2.39. The van der Waals surface area contributed by atoms with E-state index in [0.29, 0.717) is 30.5 Å². The largest absolute Gasteiger partial charge is 0.480 e. The Labute approximate surface area is 369 Å². The summed E-state index contributed by atoms with van der Waals surface area (Å²) in [5.74, 6) is -6.24. The Balaban J connectivity index is 1.66. The number of nitrogens with two attached hydrogens (primary N) is 1. The van der Waals surface area contributed by atoms with Crippen LogP contribution in [0.1, 0.15) is 96.5 Å². The third kappa shape index (κ3) is 15.1. The van der Waals surface area contributed by atoms with Crippen molar-refractivity contribution in [3.63, 3.8) is 0 Å². The van der Waals surface area contributed by atoms with Crippen LogP contribution in [-0.2, 0) is 35.2 Å². The molecule has 7 N–H and O–H groups in total. The van der Waals surface area contributed by atoms with Crippen LogP contribution in [0, 0.1) is 28.9 Å². The highest BCUT2D eigenvalue weighted by atomic mass is 79.9. The van der Waals surface area contributed by atoms with E-state index in [-0.39, 0.29) is 61.0 Å². The number of aliphatic hydroxyl groups is 1. The number of carbonyl (C=O) groups excluding carboxylic acids is 5. The van der Waals surface area contributed by atoms with E-state index >= 15 is 4.39 Å². The Morgan fingerprint density at radius 3 is 2.23 bits per heavy atom. The van der Waals surface area contributed by atoms with Gasteiger partial charge in [-0.05, 0) is 54.7 Å². The molecular formula is C44H60BrF2N7O8. The number of ketones is 1. The van der Waals surface area contributed by atoms with Crippen molar-refractivity contribution in [3.05, 3.63) is 83.2 Å². The number of unbranched alkanes of at least 4 members (excludes halogenated alkanes) is 1. The zero-order valence-corrected chi connectivity index (χ0v) is 37.7. The molecule has 0 unspecified atom stereocenters. The van der Waals surface area contributed by atoms with Crippen molar-refractivity contribution in [2.24, 2.45) is 23.0 Å². The SMILES string of the molecule is CC(C)[C@H](NC(=O)CBr)C(=O)C[C@@H](C)C(=O)N[C@@H](CCCCNC(=O)[C@@H](N)CCN(C(=O)CO)[C@@H](c1nn(-c2cc(F)ccc2F)cc1Cc1ccccc1)C(C)(C)C)C(=O)O. The lowest BCUT2D eigenvalue weighted by Crippen LogP contribution is -2.47. The molecule has 0 aliphatic heterocycles. The summed E-state index contributed by atoms with van der Waals surface area (Å²) in [5, 5.41) is 32.5. The van der Waals surface area contributed by atoms with E-state index in [2.05, 4.69) is 31.9 Å². The summed E-state index contributed by atoms with van der Waals surface area (Å²) in [7, 11) is 0. The van der Waals surface area contributed by atoms with Crippen molar-refractivity contribution in [2.45, 2.75) is 104 Å². The summed E-state index contributed by atoms with van der Waals surface area (Å²) in [6.45, 7) is 9.85. The number of aliphatic hydroxyl groups excluding tert-OH is 1. The molecule has 0 aliphatic rings. The number of aromatic nitrogens is 2. The van der Waals surface area contributed by atoms with Crippen LogP contribution in [0.3, 0.4) is 0 Å². The summed E-state index contributed by atoms with van der Waals surface area (Å²) in [4.78, 5) is 77.6. The van der Waals surface area contributed by atoms with Gasteiger partial charge in [0.05, 0.1) is 29.1 Å². The quantitative estimate of drug-likeness (QED) is 0.0550. The third-order valence-corrected chi connectivity index (χ3v) is 10.8. The van der Waals surface area contributed by atoms with Crippen molar-refractivity contribution >= 4 is 51.3 Å². The van der Waals surface area contributed by atoms with Gasteiger partial charge < -0.3 is 36.8 Å². The fraction of sp³-hybridized carbons (Fsp3) is 0.523. The second kappa shape index (κ2) is 24.0. The number of hydrogen-bond donors (Lipinski definition) is 6. The molecule has 0 radical (unpaired) electrons. The van der Waals surface area contributed by atoms with Crippen molar-refractivity contribution in [3.8, 4) is 5.69 Å². The molecule has 0 saturated heterocycles. The molecule has 3 aromatic rings. The minimum absolute atomic E-state index is 0.0134. The van der Waals surface area contributed by atoms with Crippen LogP contribution >= 0.6 is 15.9 Å². The number of halogens is 3. The van der Waals surface area contributed by atoms with E-state index in [1.54, 1.807) is 20.0 Å². The number of alkyl halides is 1. The van der Waals surface area contributed by atoms with Crippen molar-refractivity contribution in [1.82, 2.24) is 30.6 Å². The van der Waals surface area contributed by atoms with Gasteiger partial charge in [-0.25, -0.2) is 18.3 Å². The second-order valence-electron chi connectivity index (χ2n) is 16.8. The third-order valence-electron chi connectivity index (χ3n) is 10.3. The molecule has 18 heteroatoms. The topological polar surface area (TPSA) is 226 Å². The summed E-state index contributed by atoms with van der Waals surface area (Å²) >= 11 is 3.05. The Morgan fingerprint density at radius 2 is 1.63 bits per heavy atom. The molecule has 15 nitrogen and oxygen atoms in total. The fourth-order valence-electron chi connectivity index (χ4n) is 7.05. The van der Waals surface area contributed by atoms with Crippen LogP contribution in [0.25, 0.3) is 5.69 Å². The first-order valence-corrected chi connectivity index (χ1v) is 21.7. The zero-order valence-electron chi connectivity index (χ0n) is 36.1. The number of carbonyl (C=O) groups is 6. The number of hydrogen-bond acceptors (Lipinski definition) is 9. The van der Waals surface area contributed by atoms with E-state index in [1.807, 2.05) is 51.1 Å². The van der Waals surface area contributed by atoms with Crippen LogP contribution in [0.4, 0.5) is 8.78 Å². The van der Waals surface area contributed by atoms with E-state index in [4.69, 9.17) is 10.8 Å². The van der Waals surface area contributed by atoms with Gasteiger partial charge in [-0.15, -0.1) is 0 Å². The maximum Gasteiger partial charge on any atom is 0.326 e. The molecule has 0 spiro atoms. The second-order valence-corrected chi connectivity index (χ2v) is 17.4. The van der Waals surface area contributed by atoms with Gasteiger partial charge >= 0.3 is 5.97 Å². The molecule has 0 bridgehead atoms. The minimum atomic E-state index is -1.26. The molecule has 0 aliphatic carbocycles. The van der Waals surface area contributed by atoms with Gasteiger partial charge in [-0.1, -0.05) is 87.8 Å². The Morgan fingerprint density at radius 1 is 0.952 bits per heavy atom. The smallest absolute Gasteiger partial charge is 0.326 e. The summed E-state index contributed by atoms with van der Waals surface area (Å²) in [6.07, 6.45) is 2.39. The monoisotopic (exact) mass is 931 g/mol. The molecular weight excluding hydrogens is 872 g/mol. The van der Waals surface area contributed by atoms with Crippen LogP contribution in [0.2, 0.25) is 0 Å². The fourth-order valence-corrected chi connectivity index (χ4v) is 7.21. The molecule has 0 saturated carbocycles. The molecule has 0 fully saturated rings. The average molecular weight is 933 g/mol. The highest BCUT2D eigenvalue weighted by Crippen LogP contribution is 2.40. The van der Waals surface area contributed by atoms with E-state index in [0.717, 1.165) is 23.8 Å². The number of amides is 4. The molecule has 2 aromatic carbocycles. The zero-order chi connectivity index (χ0) is 46.3. The number of nitrogens with one attached hydrogen (secondary N) is 3. The van der Waals surface area contributed by atoms with Gasteiger partial charge in [0.1, 0.15) is 30.0 Å². The number of aliphatic carboxylic acids is 1. The number of benzene rings is 2. The average Bonchev–Trinajstić information content (AvgIpc) is 3.62. The lowest BCUT2D eigenvalue weighted by Gasteiger charge is -2.40. The Bertz CT molecular complexity index is 2010. The number of nitrogens with zero attached hydrogens (tertiary/aromatic N) is 3. The molecule has 62 heavy (non-hydrogen) atoms. The Hall–Kier alpha value is -5.07. The van der Waals surface area contributed by atoms with Crippen molar-refractivity contribution in [2.75, 3.05) is 25.0 Å². The van der Waals surface area contributed by atoms with Crippen LogP contribution in [0.5, 0.6) is 0 Å². The van der Waals surface area contributed by atoms with Gasteiger partial charge in [0.25, 0.3) is 0 Å². The predicted molar refractivity (Wildman–Crippen MR) is 232 cm³/mol. The normalized spacial score (nSPS) is 14.0. The summed E-state index contributed by atoms with van der Waals surface area (Å²) < 4.78 is 30.6. The van der Waals surface area contributed by atoms with Gasteiger partial charge in [-0.3, -0.25) is 24.0 Å². The molecule has 5 atom stereocenters. The van der Waals surface area contributed by atoms with E-state index in [9.17, 15) is 43.4 Å². The van der Waals surface area contributed by atoms with Crippen LogP contribution in [-0.4, -0.2) is 103 Å². The van der Waals surface area contributed by atoms with Gasteiger partial charge in [-0.2, -0.15) is 5.10 Å². The van der Waals surface area contributed by atoms with Gasteiger partial charge in [0.15, 0.2) is 5.78 Å². The first kappa shape index (κ1) is 51.3. The molecule has 4 amide bonds.